The van der Waals surface area contributed by atoms with Gasteiger partial charge in [-0.05, 0) is 32.0 Å². The van der Waals surface area contributed by atoms with Crippen molar-refractivity contribution < 1.29 is 14.6 Å². The Morgan fingerprint density at radius 2 is 1.88 bits per heavy atom. The van der Waals surface area contributed by atoms with E-state index in [1.807, 2.05) is 18.2 Å². The van der Waals surface area contributed by atoms with Gasteiger partial charge in [-0.1, -0.05) is 11.8 Å². The van der Waals surface area contributed by atoms with Crippen molar-refractivity contribution in [1.29, 1.82) is 0 Å². The summed E-state index contributed by atoms with van der Waals surface area (Å²) in [7, 11) is 0. The molecule has 1 N–H and O–H groups in total. The molecule has 1 aromatic carbocycles. The van der Waals surface area contributed by atoms with E-state index < -0.39 is 5.60 Å². The number of fused-ring (bicyclic) bond motifs is 1. The van der Waals surface area contributed by atoms with Gasteiger partial charge in [0.05, 0.1) is 13.2 Å². The molecule has 90 valence electrons. The van der Waals surface area contributed by atoms with Crippen LogP contribution in [0.3, 0.4) is 0 Å². The summed E-state index contributed by atoms with van der Waals surface area (Å²) < 4.78 is 11.1. The highest BCUT2D eigenvalue weighted by atomic mass is 16.5. The summed E-state index contributed by atoms with van der Waals surface area (Å²) in [4.78, 5) is 0. The van der Waals surface area contributed by atoms with E-state index in [-0.39, 0.29) is 0 Å². The molecule has 0 aliphatic carbocycles. The lowest BCUT2D eigenvalue weighted by molar-refractivity contribution is 0.143. The molecular formula is C14H16O3. The first kappa shape index (κ1) is 11.8. The van der Waals surface area contributed by atoms with Gasteiger partial charge >= 0.3 is 0 Å². The number of hydrogen-bond acceptors (Lipinski definition) is 3. The molecule has 0 saturated heterocycles. The van der Waals surface area contributed by atoms with Crippen LogP contribution in [0.5, 0.6) is 11.5 Å². The Hall–Kier alpha value is -1.66. The van der Waals surface area contributed by atoms with E-state index in [9.17, 15) is 5.11 Å². The van der Waals surface area contributed by atoms with E-state index in [1.165, 1.54) is 0 Å². The molecule has 3 heteroatoms. The Balaban J connectivity index is 2.26. The molecule has 1 aliphatic heterocycles. The normalized spacial score (nSPS) is 14.5. The lowest BCUT2D eigenvalue weighted by atomic mass is 10.1. The summed E-state index contributed by atoms with van der Waals surface area (Å²) in [5.74, 6) is 7.18. The van der Waals surface area contributed by atoms with Gasteiger partial charge in [0.15, 0.2) is 11.5 Å². The van der Waals surface area contributed by atoms with Crippen LogP contribution >= 0.6 is 0 Å². The molecule has 0 bridgehead atoms. The number of ether oxygens (including phenoxy) is 2. The first-order valence-electron chi connectivity index (χ1n) is 5.70. The van der Waals surface area contributed by atoms with Gasteiger partial charge in [0.2, 0.25) is 0 Å². The van der Waals surface area contributed by atoms with Crippen LogP contribution < -0.4 is 9.47 Å². The zero-order valence-corrected chi connectivity index (χ0v) is 10.1. The van der Waals surface area contributed by atoms with Gasteiger partial charge in [-0.15, -0.1) is 0 Å². The lowest BCUT2D eigenvalue weighted by Gasteiger charge is -2.08. The van der Waals surface area contributed by atoms with Crippen molar-refractivity contribution in [2.45, 2.75) is 25.9 Å². The van der Waals surface area contributed by atoms with Gasteiger partial charge in [0.1, 0.15) is 5.60 Å². The number of aliphatic hydroxyl groups is 1. The number of benzene rings is 1. The maximum atomic E-state index is 9.53. The lowest BCUT2D eigenvalue weighted by Crippen LogP contribution is -2.14. The summed E-state index contributed by atoms with van der Waals surface area (Å²) in [5.41, 5.74) is -0.166. The predicted molar refractivity (Wildman–Crippen MR) is 65.2 cm³/mol. The molecule has 0 aromatic heterocycles. The average molecular weight is 232 g/mol. The van der Waals surface area contributed by atoms with Crippen molar-refractivity contribution in [3.8, 4) is 23.3 Å². The van der Waals surface area contributed by atoms with Crippen molar-refractivity contribution in [2.75, 3.05) is 13.2 Å². The van der Waals surface area contributed by atoms with Gasteiger partial charge in [0.25, 0.3) is 0 Å². The van der Waals surface area contributed by atoms with E-state index in [0.717, 1.165) is 23.5 Å². The summed E-state index contributed by atoms with van der Waals surface area (Å²) in [6.45, 7) is 4.66. The maximum Gasteiger partial charge on any atom is 0.162 e. The fraction of sp³-hybridized carbons (Fsp3) is 0.429. The third-order valence-electron chi connectivity index (χ3n) is 2.26. The standard InChI is InChI=1S/C14H16O3/c1-14(2,15)7-6-11-4-5-12-13(10-11)17-9-3-8-16-12/h4-5,10,15H,3,8-9H2,1-2H3. The third-order valence-corrected chi connectivity index (χ3v) is 2.26. The molecule has 2 rings (SSSR count). The van der Waals surface area contributed by atoms with Crippen molar-refractivity contribution in [2.24, 2.45) is 0 Å². The van der Waals surface area contributed by atoms with Crippen LogP contribution in [0.2, 0.25) is 0 Å². The molecule has 17 heavy (non-hydrogen) atoms. The molecule has 1 aliphatic rings. The Kier molecular flexibility index (Phi) is 3.26. The van der Waals surface area contributed by atoms with Crippen LogP contribution in [0.15, 0.2) is 18.2 Å². The van der Waals surface area contributed by atoms with E-state index in [0.29, 0.717) is 13.2 Å². The van der Waals surface area contributed by atoms with Crippen molar-refractivity contribution in [3.63, 3.8) is 0 Å². The largest absolute Gasteiger partial charge is 0.490 e. The summed E-state index contributed by atoms with van der Waals surface area (Å²) in [5, 5.41) is 9.53. The average Bonchev–Trinajstić information content (AvgIpc) is 2.49. The molecule has 0 saturated carbocycles. The van der Waals surface area contributed by atoms with Gasteiger partial charge in [-0.2, -0.15) is 0 Å². The van der Waals surface area contributed by atoms with Crippen LogP contribution in [-0.2, 0) is 0 Å². The van der Waals surface area contributed by atoms with Crippen molar-refractivity contribution in [1.82, 2.24) is 0 Å². The van der Waals surface area contributed by atoms with E-state index in [4.69, 9.17) is 9.47 Å². The minimum absolute atomic E-state index is 0.662. The Labute approximate surface area is 101 Å². The topological polar surface area (TPSA) is 38.7 Å². The van der Waals surface area contributed by atoms with E-state index in [2.05, 4.69) is 11.8 Å². The van der Waals surface area contributed by atoms with Crippen molar-refractivity contribution in [3.05, 3.63) is 23.8 Å². The molecule has 3 nitrogen and oxygen atoms in total. The molecule has 0 atom stereocenters. The minimum Gasteiger partial charge on any atom is -0.490 e. The molecule has 1 heterocycles. The highest BCUT2D eigenvalue weighted by Crippen LogP contribution is 2.30. The van der Waals surface area contributed by atoms with Gasteiger partial charge in [-0.25, -0.2) is 0 Å². The highest BCUT2D eigenvalue weighted by Gasteiger charge is 2.10. The Bertz CT molecular complexity index is 461. The summed E-state index contributed by atoms with van der Waals surface area (Å²) >= 11 is 0. The van der Waals surface area contributed by atoms with E-state index in [1.54, 1.807) is 13.8 Å². The predicted octanol–water partition coefficient (Wildman–Crippen LogP) is 1.97. The van der Waals surface area contributed by atoms with Gasteiger partial charge < -0.3 is 14.6 Å². The van der Waals surface area contributed by atoms with Crippen LogP contribution in [0.4, 0.5) is 0 Å². The third kappa shape index (κ3) is 3.40. The summed E-state index contributed by atoms with van der Waals surface area (Å²) in [6.07, 6.45) is 0.888. The molecular weight excluding hydrogens is 216 g/mol. The smallest absolute Gasteiger partial charge is 0.162 e. The number of rotatable bonds is 0. The monoisotopic (exact) mass is 232 g/mol. The molecule has 0 amide bonds. The van der Waals surface area contributed by atoms with Crippen LogP contribution in [0.25, 0.3) is 0 Å². The van der Waals surface area contributed by atoms with Gasteiger partial charge in [0, 0.05) is 12.0 Å². The molecule has 0 spiro atoms. The van der Waals surface area contributed by atoms with Crippen molar-refractivity contribution >= 4 is 0 Å². The fourth-order valence-corrected chi connectivity index (χ4v) is 1.47. The molecule has 0 unspecified atom stereocenters. The maximum absolute atomic E-state index is 9.53. The quantitative estimate of drug-likeness (QED) is 0.695. The second-order valence-electron chi connectivity index (χ2n) is 4.52. The Morgan fingerprint density at radius 1 is 1.18 bits per heavy atom. The molecule has 0 fully saturated rings. The number of hydrogen-bond donors (Lipinski definition) is 1. The molecule has 0 radical (unpaired) electrons. The molecule has 1 aromatic rings. The fourth-order valence-electron chi connectivity index (χ4n) is 1.47. The highest BCUT2D eigenvalue weighted by molar-refractivity contribution is 5.49. The zero-order chi connectivity index (χ0) is 12.3. The summed E-state index contributed by atoms with van der Waals surface area (Å²) in [6, 6.07) is 5.57. The Morgan fingerprint density at radius 3 is 2.59 bits per heavy atom. The minimum atomic E-state index is -0.982. The second kappa shape index (κ2) is 4.68. The van der Waals surface area contributed by atoms with E-state index >= 15 is 0 Å². The first-order valence-corrected chi connectivity index (χ1v) is 5.70. The van der Waals surface area contributed by atoms with Crippen LogP contribution in [-0.4, -0.2) is 23.9 Å². The van der Waals surface area contributed by atoms with Gasteiger partial charge in [-0.3, -0.25) is 0 Å². The van der Waals surface area contributed by atoms with Crippen LogP contribution in [0, 0.1) is 11.8 Å². The SMILES string of the molecule is CC(C)(O)C#Cc1ccc2c(c1)OCCCO2. The first-order chi connectivity index (χ1) is 8.04. The zero-order valence-electron chi connectivity index (χ0n) is 10.1. The second-order valence-corrected chi connectivity index (χ2v) is 4.52. The van der Waals surface area contributed by atoms with Crippen LogP contribution in [0.1, 0.15) is 25.8 Å².